The van der Waals surface area contributed by atoms with Crippen molar-refractivity contribution < 1.29 is 24.3 Å². The maximum Gasteiger partial charge on any atom is 0.342 e. The number of carbonyl (C=O) groups is 1. The number of carboxylic acid groups (broad SMARTS) is 1. The van der Waals surface area contributed by atoms with Crippen molar-refractivity contribution in [3.05, 3.63) is 33.6 Å². The van der Waals surface area contributed by atoms with E-state index in [1.807, 2.05) is 0 Å². The van der Waals surface area contributed by atoms with Crippen molar-refractivity contribution in [1.82, 2.24) is 0 Å². The minimum atomic E-state index is -1.52. The number of carboxylic acids is 1. The van der Waals surface area contributed by atoms with Gasteiger partial charge in [-0.15, -0.1) is 0 Å². The van der Waals surface area contributed by atoms with E-state index >= 15 is 0 Å². The first kappa shape index (κ1) is 15.8. The Morgan fingerprint density at radius 1 is 1.50 bits per heavy atom. The Balaban J connectivity index is 3.07. The molecule has 0 fully saturated rings. The third-order valence-corrected chi connectivity index (χ3v) is 2.78. The summed E-state index contributed by atoms with van der Waals surface area (Å²) >= 11 is 0. The van der Waals surface area contributed by atoms with Crippen LogP contribution in [0.5, 0.6) is 0 Å². The fraction of sp³-hybridized carbons (Fsp3) is 0.417. The molecule has 0 spiro atoms. The van der Waals surface area contributed by atoms with Gasteiger partial charge in [-0.25, -0.2) is 9.18 Å². The first-order valence-electron chi connectivity index (χ1n) is 5.87. The van der Waals surface area contributed by atoms with Crippen molar-refractivity contribution in [2.24, 2.45) is 5.92 Å². The van der Waals surface area contributed by atoms with Crippen LogP contribution in [-0.2, 0) is 0 Å². The summed E-state index contributed by atoms with van der Waals surface area (Å²) in [4.78, 5) is 20.6. The summed E-state index contributed by atoms with van der Waals surface area (Å²) in [6, 6.07) is 1.40. The zero-order chi connectivity index (χ0) is 15.4. The number of nitrogens with zero attached hydrogens (tertiary/aromatic N) is 1. The zero-order valence-corrected chi connectivity index (χ0v) is 11.0. The molecule has 1 aromatic rings. The Morgan fingerprint density at radius 3 is 2.55 bits per heavy atom. The number of aromatic carboxylic acids is 1. The molecule has 0 saturated carbocycles. The lowest BCUT2D eigenvalue weighted by atomic mass is 10.1. The Morgan fingerprint density at radius 2 is 2.10 bits per heavy atom. The first-order valence-corrected chi connectivity index (χ1v) is 5.87. The highest BCUT2D eigenvalue weighted by atomic mass is 19.1. The van der Waals surface area contributed by atoms with Gasteiger partial charge in [0, 0.05) is 6.54 Å². The highest BCUT2D eigenvalue weighted by Crippen LogP contribution is 2.26. The Labute approximate surface area is 114 Å². The molecule has 1 unspecified atom stereocenters. The molecule has 1 aromatic carbocycles. The standard InChI is InChI=1S/C12H15FN2O5/c1-6(2)11(16)5-14-9-3-7(12(17)18)10(15(19)20)4-8(9)13/h3-4,6,11,14,16H,5H2,1-2H3,(H,17,18). The molecule has 0 heterocycles. The molecule has 0 aromatic heterocycles. The maximum absolute atomic E-state index is 13.7. The monoisotopic (exact) mass is 286 g/mol. The average Bonchev–Trinajstić information content (AvgIpc) is 2.35. The van der Waals surface area contributed by atoms with Crippen LogP contribution >= 0.6 is 0 Å². The van der Waals surface area contributed by atoms with Crippen LogP contribution < -0.4 is 5.32 Å². The molecule has 0 amide bonds. The molecule has 20 heavy (non-hydrogen) atoms. The summed E-state index contributed by atoms with van der Waals surface area (Å²) in [6.07, 6.45) is -0.752. The predicted molar refractivity (Wildman–Crippen MR) is 69.3 cm³/mol. The molecule has 3 N–H and O–H groups in total. The van der Waals surface area contributed by atoms with Crippen LogP contribution in [-0.4, -0.2) is 33.8 Å². The number of anilines is 1. The summed E-state index contributed by atoms with van der Waals surface area (Å²) in [5.74, 6) is -2.54. The number of benzene rings is 1. The first-order chi connectivity index (χ1) is 9.23. The van der Waals surface area contributed by atoms with Gasteiger partial charge in [-0.2, -0.15) is 0 Å². The lowest BCUT2D eigenvalue weighted by Crippen LogP contribution is -2.25. The number of nitro benzene ring substituents is 1. The van der Waals surface area contributed by atoms with Crippen molar-refractivity contribution in [1.29, 1.82) is 0 Å². The topological polar surface area (TPSA) is 113 Å². The van der Waals surface area contributed by atoms with E-state index in [1.54, 1.807) is 13.8 Å². The third kappa shape index (κ3) is 3.64. The van der Waals surface area contributed by atoms with Crippen LogP contribution in [0, 0.1) is 21.8 Å². The van der Waals surface area contributed by atoms with Crippen LogP contribution in [0.1, 0.15) is 24.2 Å². The van der Waals surface area contributed by atoms with E-state index in [2.05, 4.69) is 5.32 Å². The molecule has 110 valence electrons. The Hall–Kier alpha value is -2.22. The number of hydrogen-bond donors (Lipinski definition) is 3. The predicted octanol–water partition coefficient (Wildman–Crippen LogP) is 1.86. The van der Waals surface area contributed by atoms with Gasteiger partial charge in [-0.3, -0.25) is 10.1 Å². The van der Waals surface area contributed by atoms with Gasteiger partial charge in [0.2, 0.25) is 0 Å². The molecule has 7 nitrogen and oxygen atoms in total. The molecule has 0 aliphatic rings. The number of aliphatic hydroxyl groups is 1. The van der Waals surface area contributed by atoms with E-state index in [-0.39, 0.29) is 18.2 Å². The number of hydrogen-bond acceptors (Lipinski definition) is 5. The summed E-state index contributed by atoms with van der Waals surface area (Å²) in [7, 11) is 0. The zero-order valence-electron chi connectivity index (χ0n) is 11.0. The molecule has 0 radical (unpaired) electrons. The molecule has 1 rings (SSSR count). The minimum absolute atomic E-state index is 0.00541. The smallest absolute Gasteiger partial charge is 0.342 e. The molecule has 0 aliphatic carbocycles. The van der Waals surface area contributed by atoms with Crippen LogP contribution in [0.2, 0.25) is 0 Å². The number of nitrogens with one attached hydrogen (secondary N) is 1. The maximum atomic E-state index is 13.7. The van der Waals surface area contributed by atoms with Gasteiger partial charge < -0.3 is 15.5 Å². The van der Waals surface area contributed by atoms with E-state index in [9.17, 15) is 24.4 Å². The quantitative estimate of drug-likeness (QED) is 0.543. The van der Waals surface area contributed by atoms with E-state index in [0.717, 1.165) is 6.07 Å². The van der Waals surface area contributed by atoms with Crippen LogP contribution in [0.25, 0.3) is 0 Å². The summed E-state index contributed by atoms with van der Waals surface area (Å²) in [6.45, 7) is 3.54. The minimum Gasteiger partial charge on any atom is -0.477 e. The van der Waals surface area contributed by atoms with Gasteiger partial charge in [0.15, 0.2) is 5.82 Å². The largest absolute Gasteiger partial charge is 0.477 e. The van der Waals surface area contributed by atoms with Crippen molar-refractivity contribution >= 4 is 17.3 Å². The molecule has 0 bridgehead atoms. The highest BCUT2D eigenvalue weighted by molar-refractivity contribution is 5.93. The molecule has 0 aliphatic heterocycles. The average molecular weight is 286 g/mol. The normalized spacial score (nSPS) is 12.2. The van der Waals surface area contributed by atoms with Crippen molar-refractivity contribution in [2.45, 2.75) is 20.0 Å². The van der Waals surface area contributed by atoms with Crippen molar-refractivity contribution in [3.63, 3.8) is 0 Å². The number of aliphatic hydroxyl groups excluding tert-OH is 1. The van der Waals surface area contributed by atoms with E-state index < -0.39 is 34.1 Å². The van der Waals surface area contributed by atoms with Gasteiger partial charge in [0.25, 0.3) is 5.69 Å². The van der Waals surface area contributed by atoms with Crippen molar-refractivity contribution in [3.8, 4) is 0 Å². The Bertz CT molecular complexity index is 533. The number of nitro groups is 1. The van der Waals surface area contributed by atoms with E-state index in [4.69, 9.17) is 5.11 Å². The van der Waals surface area contributed by atoms with Gasteiger partial charge in [0.1, 0.15) is 5.56 Å². The Kier molecular flexibility index (Phi) is 4.98. The lowest BCUT2D eigenvalue weighted by Gasteiger charge is -2.16. The summed E-state index contributed by atoms with van der Waals surface area (Å²) in [5, 5.41) is 31.7. The van der Waals surface area contributed by atoms with Crippen LogP contribution in [0.4, 0.5) is 15.8 Å². The van der Waals surface area contributed by atoms with Gasteiger partial charge in [-0.05, 0) is 12.0 Å². The second-order valence-electron chi connectivity index (χ2n) is 4.60. The fourth-order valence-electron chi connectivity index (χ4n) is 1.47. The van der Waals surface area contributed by atoms with E-state index in [0.29, 0.717) is 6.07 Å². The van der Waals surface area contributed by atoms with Gasteiger partial charge in [0.05, 0.1) is 22.8 Å². The van der Waals surface area contributed by atoms with E-state index in [1.165, 1.54) is 0 Å². The lowest BCUT2D eigenvalue weighted by molar-refractivity contribution is -0.385. The third-order valence-electron chi connectivity index (χ3n) is 2.78. The molecule has 8 heteroatoms. The molecule has 0 saturated heterocycles. The molecular formula is C12H15FN2O5. The van der Waals surface area contributed by atoms with Gasteiger partial charge >= 0.3 is 5.97 Å². The van der Waals surface area contributed by atoms with Crippen LogP contribution in [0.3, 0.4) is 0 Å². The summed E-state index contributed by atoms with van der Waals surface area (Å²) < 4.78 is 13.7. The van der Waals surface area contributed by atoms with Gasteiger partial charge in [-0.1, -0.05) is 13.8 Å². The molecular weight excluding hydrogens is 271 g/mol. The fourth-order valence-corrected chi connectivity index (χ4v) is 1.47. The van der Waals surface area contributed by atoms with Crippen LogP contribution in [0.15, 0.2) is 12.1 Å². The SMILES string of the molecule is CC(C)C(O)CNc1cc(C(=O)O)c([N+](=O)[O-])cc1F. The second kappa shape index (κ2) is 6.29. The number of rotatable bonds is 6. The number of halogens is 1. The summed E-state index contributed by atoms with van der Waals surface area (Å²) in [5.41, 5.74) is -1.63. The highest BCUT2D eigenvalue weighted by Gasteiger charge is 2.23. The molecule has 1 atom stereocenters. The second-order valence-corrected chi connectivity index (χ2v) is 4.60. The van der Waals surface area contributed by atoms with Crippen molar-refractivity contribution in [2.75, 3.05) is 11.9 Å².